The molecule has 1 aliphatic carbocycles. The number of nitrogens with one attached hydrogen (secondary N) is 1. The molecule has 0 aromatic heterocycles. The van der Waals surface area contributed by atoms with E-state index in [4.69, 9.17) is 0 Å². The molecule has 0 aromatic carbocycles. The first kappa shape index (κ1) is 10.1. The van der Waals surface area contributed by atoms with E-state index >= 15 is 0 Å². The zero-order chi connectivity index (χ0) is 10.1. The zero-order valence-electron chi connectivity index (χ0n) is 9.80. The van der Waals surface area contributed by atoms with Crippen molar-refractivity contribution in [1.29, 1.82) is 0 Å². The third-order valence-electron chi connectivity index (χ3n) is 4.71. The number of rotatable bonds is 1. The fourth-order valence-electron chi connectivity index (χ4n) is 3.54. The summed E-state index contributed by atoms with van der Waals surface area (Å²) in [5.41, 5.74) is 0.682. The lowest BCUT2D eigenvalue weighted by Crippen LogP contribution is -2.40. The molecular formula is C13H24N2. The average molecular weight is 208 g/mol. The van der Waals surface area contributed by atoms with E-state index in [2.05, 4.69) is 10.2 Å². The van der Waals surface area contributed by atoms with Crippen LogP contribution in [0.5, 0.6) is 0 Å². The molecule has 2 heteroatoms. The summed E-state index contributed by atoms with van der Waals surface area (Å²) in [6.45, 7) is 5.32. The smallest absolute Gasteiger partial charge is 0.00964 e. The van der Waals surface area contributed by atoms with Crippen LogP contribution in [0.2, 0.25) is 0 Å². The third-order valence-corrected chi connectivity index (χ3v) is 4.71. The first-order valence-corrected chi connectivity index (χ1v) is 6.83. The van der Waals surface area contributed by atoms with Crippen molar-refractivity contribution >= 4 is 0 Å². The molecule has 2 aliphatic heterocycles. The lowest BCUT2D eigenvalue weighted by molar-refractivity contribution is 0.173. The Morgan fingerprint density at radius 1 is 1.00 bits per heavy atom. The van der Waals surface area contributed by atoms with Crippen molar-refractivity contribution < 1.29 is 0 Å². The molecule has 2 nitrogen and oxygen atoms in total. The Morgan fingerprint density at radius 3 is 2.60 bits per heavy atom. The van der Waals surface area contributed by atoms with Gasteiger partial charge in [0.05, 0.1) is 0 Å². The Kier molecular flexibility index (Phi) is 2.73. The highest BCUT2D eigenvalue weighted by Crippen LogP contribution is 2.39. The van der Waals surface area contributed by atoms with Gasteiger partial charge in [-0.05, 0) is 70.0 Å². The van der Waals surface area contributed by atoms with Gasteiger partial charge in [-0.2, -0.15) is 0 Å². The highest BCUT2D eigenvalue weighted by Gasteiger charge is 2.37. The highest BCUT2D eigenvalue weighted by atomic mass is 15.2. The second kappa shape index (κ2) is 4.06. The van der Waals surface area contributed by atoms with Gasteiger partial charge >= 0.3 is 0 Å². The molecule has 1 atom stereocenters. The predicted molar refractivity (Wildman–Crippen MR) is 63.0 cm³/mol. The van der Waals surface area contributed by atoms with Gasteiger partial charge in [0.15, 0.2) is 0 Å². The van der Waals surface area contributed by atoms with Crippen LogP contribution in [0, 0.1) is 5.41 Å². The Morgan fingerprint density at radius 2 is 1.87 bits per heavy atom. The average Bonchev–Trinajstić information content (AvgIpc) is 3.07. The summed E-state index contributed by atoms with van der Waals surface area (Å²) in [6, 6.07) is 0.983. The Bertz CT molecular complexity index is 217. The highest BCUT2D eigenvalue weighted by molar-refractivity contribution is 4.92. The summed E-state index contributed by atoms with van der Waals surface area (Å²) in [5, 5.41) is 3.61. The van der Waals surface area contributed by atoms with Gasteiger partial charge in [0.1, 0.15) is 0 Å². The largest absolute Gasteiger partial charge is 0.316 e. The first-order valence-electron chi connectivity index (χ1n) is 6.83. The third kappa shape index (κ3) is 2.21. The van der Waals surface area contributed by atoms with Crippen LogP contribution in [-0.4, -0.2) is 37.1 Å². The van der Waals surface area contributed by atoms with Gasteiger partial charge in [0.25, 0.3) is 0 Å². The normalized spacial score (nSPS) is 39.2. The van der Waals surface area contributed by atoms with Gasteiger partial charge in [0, 0.05) is 12.6 Å². The Hall–Kier alpha value is -0.0800. The molecule has 3 fully saturated rings. The summed E-state index contributed by atoms with van der Waals surface area (Å²) >= 11 is 0. The summed E-state index contributed by atoms with van der Waals surface area (Å²) in [6.07, 6.45) is 10.2. The van der Waals surface area contributed by atoms with Crippen LogP contribution in [0.3, 0.4) is 0 Å². The Labute approximate surface area is 93.4 Å². The minimum atomic E-state index is 0.682. The van der Waals surface area contributed by atoms with E-state index < -0.39 is 0 Å². The van der Waals surface area contributed by atoms with Crippen molar-refractivity contribution in [3.8, 4) is 0 Å². The molecule has 1 spiro atoms. The molecule has 0 radical (unpaired) electrons. The summed E-state index contributed by atoms with van der Waals surface area (Å²) < 4.78 is 0. The molecule has 0 bridgehead atoms. The summed E-state index contributed by atoms with van der Waals surface area (Å²) in [7, 11) is 0. The lowest BCUT2D eigenvalue weighted by Gasteiger charge is -2.37. The van der Waals surface area contributed by atoms with Crippen LogP contribution >= 0.6 is 0 Å². The van der Waals surface area contributed by atoms with Crippen LogP contribution in [0.1, 0.15) is 44.9 Å². The van der Waals surface area contributed by atoms with E-state index in [1.807, 2.05) is 0 Å². The quantitative estimate of drug-likeness (QED) is 0.709. The minimum Gasteiger partial charge on any atom is -0.316 e. The van der Waals surface area contributed by atoms with Crippen LogP contribution in [0.4, 0.5) is 0 Å². The molecule has 1 N–H and O–H groups in total. The monoisotopic (exact) mass is 208 g/mol. The van der Waals surface area contributed by atoms with E-state index in [0.29, 0.717) is 5.41 Å². The minimum absolute atomic E-state index is 0.682. The van der Waals surface area contributed by atoms with Crippen molar-refractivity contribution in [1.82, 2.24) is 10.2 Å². The number of hydrogen-bond donors (Lipinski definition) is 1. The first-order chi connectivity index (χ1) is 7.38. The van der Waals surface area contributed by atoms with Gasteiger partial charge in [-0.3, -0.25) is 0 Å². The molecule has 2 saturated heterocycles. The molecule has 1 unspecified atom stereocenters. The van der Waals surface area contributed by atoms with Gasteiger partial charge in [-0.1, -0.05) is 0 Å². The van der Waals surface area contributed by atoms with E-state index in [1.54, 1.807) is 0 Å². The maximum atomic E-state index is 3.61. The van der Waals surface area contributed by atoms with Gasteiger partial charge in [0.2, 0.25) is 0 Å². The number of piperidine rings is 1. The number of nitrogens with zero attached hydrogens (tertiary/aromatic N) is 1. The maximum Gasteiger partial charge on any atom is 0.00964 e. The second-order valence-electron chi connectivity index (χ2n) is 5.90. The molecule has 86 valence electrons. The molecule has 1 saturated carbocycles. The van der Waals surface area contributed by atoms with Crippen LogP contribution in [0.15, 0.2) is 0 Å². The van der Waals surface area contributed by atoms with E-state index in [-0.39, 0.29) is 0 Å². The van der Waals surface area contributed by atoms with Crippen molar-refractivity contribution in [2.45, 2.75) is 51.0 Å². The molecular weight excluding hydrogens is 184 g/mol. The molecule has 15 heavy (non-hydrogen) atoms. The van der Waals surface area contributed by atoms with Crippen molar-refractivity contribution in [2.24, 2.45) is 5.41 Å². The van der Waals surface area contributed by atoms with Crippen LogP contribution < -0.4 is 5.32 Å². The fourth-order valence-corrected chi connectivity index (χ4v) is 3.54. The van der Waals surface area contributed by atoms with Crippen molar-refractivity contribution in [2.75, 3.05) is 26.2 Å². The topological polar surface area (TPSA) is 15.3 Å². The van der Waals surface area contributed by atoms with Gasteiger partial charge in [-0.15, -0.1) is 0 Å². The number of hydrogen-bond acceptors (Lipinski definition) is 2. The molecule has 0 aromatic rings. The van der Waals surface area contributed by atoms with Gasteiger partial charge in [-0.25, -0.2) is 0 Å². The Balaban J connectivity index is 1.61. The molecule has 2 heterocycles. The zero-order valence-corrected chi connectivity index (χ0v) is 9.80. The number of likely N-dealkylation sites (tertiary alicyclic amines) is 1. The summed E-state index contributed by atoms with van der Waals surface area (Å²) in [5.74, 6) is 0. The van der Waals surface area contributed by atoms with Gasteiger partial charge < -0.3 is 10.2 Å². The van der Waals surface area contributed by atoms with E-state index in [0.717, 1.165) is 6.04 Å². The lowest BCUT2D eigenvalue weighted by atomic mass is 9.75. The molecule has 3 aliphatic rings. The molecule has 0 amide bonds. The van der Waals surface area contributed by atoms with Crippen molar-refractivity contribution in [3.63, 3.8) is 0 Å². The SMILES string of the molecule is C1CNCC2(C1)CCCN(C1CC1)CC2. The van der Waals surface area contributed by atoms with Crippen molar-refractivity contribution in [3.05, 3.63) is 0 Å². The second-order valence-corrected chi connectivity index (χ2v) is 5.90. The maximum absolute atomic E-state index is 3.61. The van der Waals surface area contributed by atoms with E-state index in [9.17, 15) is 0 Å². The van der Waals surface area contributed by atoms with E-state index in [1.165, 1.54) is 71.1 Å². The standard InChI is InChI=1S/C13H24N2/c1-5-13(11-14-8-1)6-2-9-15(10-7-13)12-3-4-12/h12,14H,1-11H2. The fraction of sp³-hybridized carbons (Fsp3) is 1.00. The summed E-state index contributed by atoms with van der Waals surface area (Å²) in [4.78, 5) is 2.77. The van der Waals surface area contributed by atoms with Crippen LogP contribution in [-0.2, 0) is 0 Å². The van der Waals surface area contributed by atoms with Crippen LogP contribution in [0.25, 0.3) is 0 Å². The predicted octanol–water partition coefficient (Wildman–Crippen LogP) is 2.00. The molecule has 3 rings (SSSR count).